The number of nitrogens with one attached hydrogen (secondary N) is 1. The van der Waals surface area contributed by atoms with E-state index in [1.165, 1.54) is 12.8 Å². The van der Waals surface area contributed by atoms with Crippen molar-refractivity contribution in [1.29, 1.82) is 0 Å². The van der Waals surface area contributed by atoms with Crippen molar-refractivity contribution >= 4 is 23.2 Å². The summed E-state index contributed by atoms with van der Waals surface area (Å²) < 4.78 is 5.87. The minimum atomic E-state index is -0.184. The van der Waals surface area contributed by atoms with Crippen LogP contribution >= 0.6 is 11.6 Å². The van der Waals surface area contributed by atoms with E-state index in [1.54, 1.807) is 6.92 Å². The maximum atomic E-state index is 11.7. The lowest BCUT2D eigenvalue weighted by Crippen LogP contribution is -2.21. The molecule has 1 aromatic carbocycles. The molecule has 0 heterocycles. The van der Waals surface area contributed by atoms with Gasteiger partial charge in [0.25, 0.3) is 0 Å². The van der Waals surface area contributed by atoms with Crippen LogP contribution in [0.25, 0.3) is 0 Å². The predicted octanol–water partition coefficient (Wildman–Crippen LogP) is 3.82. The number of carbonyl (C=O) groups is 1. The number of hydrogen-bond donors (Lipinski definition) is 1. The lowest BCUT2D eigenvalue weighted by Gasteiger charge is -2.14. The van der Waals surface area contributed by atoms with Gasteiger partial charge in [-0.1, -0.05) is 6.92 Å². The molecule has 3 nitrogen and oxygen atoms in total. The number of rotatable bonds is 5. The lowest BCUT2D eigenvalue weighted by atomic mass is 10.2. The average Bonchev–Trinajstić information content (AvgIpc) is 2.93. The Labute approximate surface area is 119 Å². The Kier molecular flexibility index (Phi) is 5.08. The molecule has 1 unspecified atom stereocenters. The maximum absolute atomic E-state index is 11.7. The number of ether oxygens (including phenoxy) is 1. The molecule has 1 atom stereocenters. The summed E-state index contributed by atoms with van der Waals surface area (Å²) >= 11 is 5.65. The summed E-state index contributed by atoms with van der Waals surface area (Å²) in [4.78, 5) is 11.7. The molecule has 0 spiro atoms. The Morgan fingerprint density at radius 1 is 1.37 bits per heavy atom. The molecule has 1 aliphatic carbocycles. The molecule has 1 N–H and O–H groups in total. The smallest absolute Gasteiger partial charge is 0.228 e. The second-order valence-electron chi connectivity index (χ2n) is 5.09. The molecule has 19 heavy (non-hydrogen) atoms. The molecule has 0 saturated heterocycles. The highest BCUT2D eigenvalue weighted by Crippen LogP contribution is 2.25. The van der Waals surface area contributed by atoms with Gasteiger partial charge < -0.3 is 10.1 Å². The van der Waals surface area contributed by atoms with Gasteiger partial charge >= 0.3 is 0 Å². The Balaban J connectivity index is 1.88. The van der Waals surface area contributed by atoms with Gasteiger partial charge in [-0.05, 0) is 49.9 Å². The van der Waals surface area contributed by atoms with E-state index in [-0.39, 0.29) is 11.8 Å². The SMILES string of the molecule is CC(CCl)C(=O)Nc1ccc(OC2CCCC2)cc1. The Morgan fingerprint density at radius 2 is 2.00 bits per heavy atom. The van der Waals surface area contributed by atoms with Gasteiger partial charge in [-0.2, -0.15) is 0 Å². The predicted molar refractivity (Wildman–Crippen MR) is 77.8 cm³/mol. The second kappa shape index (κ2) is 6.80. The zero-order chi connectivity index (χ0) is 13.7. The normalized spacial score (nSPS) is 17.2. The summed E-state index contributed by atoms with van der Waals surface area (Å²) in [6.07, 6.45) is 5.17. The number of hydrogen-bond acceptors (Lipinski definition) is 2. The zero-order valence-electron chi connectivity index (χ0n) is 11.2. The quantitative estimate of drug-likeness (QED) is 0.833. The summed E-state index contributed by atoms with van der Waals surface area (Å²) in [5.41, 5.74) is 0.778. The van der Waals surface area contributed by atoms with Crippen LogP contribution in [0.5, 0.6) is 5.75 Å². The van der Waals surface area contributed by atoms with Crippen LogP contribution in [0.3, 0.4) is 0 Å². The molecular weight excluding hydrogens is 262 g/mol. The number of amides is 1. The van der Waals surface area contributed by atoms with E-state index in [2.05, 4.69) is 5.32 Å². The summed E-state index contributed by atoms with van der Waals surface area (Å²) in [5.74, 6) is 0.958. The van der Waals surface area contributed by atoms with E-state index >= 15 is 0 Å². The first-order valence-electron chi connectivity index (χ1n) is 6.82. The van der Waals surface area contributed by atoms with Gasteiger partial charge in [0.15, 0.2) is 0 Å². The van der Waals surface area contributed by atoms with Crippen LogP contribution in [0.4, 0.5) is 5.69 Å². The third-order valence-electron chi connectivity index (χ3n) is 3.41. The molecule has 4 heteroatoms. The van der Waals surface area contributed by atoms with E-state index < -0.39 is 0 Å². The van der Waals surface area contributed by atoms with Crippen molar-refractivity contribution in [3.63, 3.8) is 0 Å². The van der Waals surface area contributed by atoms with Crippen molar-refractivity contribution in [3.8, 4) is 5.75 Å². The average molecular weight is 282 g/mol. The summed E-state index contributed by atoms with van der Waals surface area (Å²) in [6.45, 7) is 1.81. The van der Waals surface area contributed by atoms with Gasteiger partial charge in [-0.25, -0.2) is 0 Å². The van der Waals surface area contributed by atoms with Gasteiger partial charge in [-0.15, -0.1) is 11.6 Å². The lowest BCUT2D eigenvalue weighted by molar-refractivity contribution is -0.118. The van der Waals surface area contributed by atoms with Crippen LogP contribution in [-0.2, 0) is 4.79 Å². The van der Waals surface area contributed by atoms with E-state index in [4.69, 9.17) is 16.3 Å². The molecule has 104 valence electrons. The molecule has 1 aromatic rings. The van der Waals surface area contributed by atoms with Gasteiger partial charge in [0, 0.05) is 17.5 Å². The fourth-order valence-electron chi connectivity index (χ4n) is 2.15. The van der Waals surface area contributed by atoms with Crippen LogP contribution in [-0.4, -0.2) is 17.9 Å². The summed E-state index contributed by atoms with van der Waals surface area (Å²) in [6, 6.07) is 7.53. The minimum absolute atomic E-state index is 0.0561. The zero-order valence-corrected chi connectivity index (χ0v) is 12.0. The summed E-state index contributed by atoms with van der Waals surface area (Å²) in [5, 5.41) is 2.83. The molecule has 2 rings (SSSR count). The van der Waals surface area contributed by atoms with E-state index in [0.717, 1.165) is 24.3 Å². The fraction of sp³-hybridized carbons (Fsp3) is 0.533. The molecule has 0 aliphatic heterocycles. The van der Waals surface area contributed by atoms with E-state index in [1.807, 2.05) is 24.3 Å². The highest BCUT2D eigenvalue weighted by atomic mass is 35.5. The van der Waals surface area contributed by atoms with Crippen LogP contribution < -0.4 is 10.1 Å². The first kappa shape index (κ1) is 14.2. The highest BCUT2D eigenvalue weighted by molar-refractivity contribution is 6.19. The number of alkyl halides is 1. The molecule has 1 aliphatic rings. The number of halogens is 1. The van der Waals surface area contributed by atoms with Gasteiger partial charge in [0.05, 0.1) is 6.10 Å². The monoisotopic (exact) mass is 281 g/mol. The number of benzene rings is 1. The molecule has 1 saturated carbocycles. The molecule has 1 amide bonds. The van der Waals surface area contributed by atoms with Gasteiger partial charge in [0.1, 0.15) is 5.75 Å². The molecular formula is C15H20ClNO2. The molecule has 0 radical (unpaired) electrons. The third kappa shape index (κ3) is 4.13. The van der Waals surface area contributed by atoms with Crippen LogP contribution in [0.15, 0.2) is 24.3 Å². The third-order valence-corrected chi connectivity index (χ3v) is 3.87. The topological polar surface area (TPSA) is 38.3 Å². The fourth-order valence-corrected chi connectivity index (χ4v) is 2.29. The highest BCUT2D eigenvalue weighted by Gasteiger charge is 2.16. The molecule has 0 bridgehead atoms. The molecule has 0 aromatic heterocycles. The number of carbonyl (C=O) groups excluding carboxylic acids is 1. The van der Waals surface area contributed by atoms with Crippen LogP contribution in [0, 0.1) is 5.92 Å². The maximum Gasteiger partial charge on any atom is 0.228 e. The van der Waals surface area contributed by atoms with Crippen molar-refractivity contribution in [1.82, 2.24) is 0 Å². The van der Waals surface area contributed by atoms with E-state index in [0.29, 0.717) is 12.0 Å². The first-order chi connectivity index (χ1) is 9.19. The van der Waals surface area contributed by atoms with Crippen molar-refractivity contribution in [3.05, 3.63) is 24.3 Å². The number of anilines is 1. The Bertz CT molecular complexity index is 413. The van der Waals surface area contributed by atoms with Crippen molar-refractivity contribution < 1.29 is 9.53 Å². The van der Waals surface area contributed by atoms with Crippen molar-refractivity contribution in [2.45, 2.75) is 38.7 Å². The standard InChI is InChI=1S/C15H20ClNO2/c1-11(10-16)15(18)17-12-6-8-14(9-7-12)19-13-4-2-3-5-13/h6-9,11,13H,2-5,10H2,1H3,(H,17,18). The Morgan fingerprint density at radius 3 is 2.58 bits per heavy atom. The van der Waals surface area contributed by atoms with Gasteiger partial charge in [0.2, 0.25) is 5.91 Å². The Hall–Kier alpha value is -1.22. The van der Waals surface area contributed by atoms with Crippen LogP contribution in [0.1, 0.15) is 32.6 Å². The largest absolute Gasteiger partial charge is 0.490 e. The van der Waals surface area contributed by atoms with Crippen LogP contribution in [0.2, 0.25) is 0 Å². The van der Waals surface area contributed by atoms with E-state index in [9.17, 15) is 4.79 Å². The van der Waals surface area contributed by atoms with Crippen molar-refractivity contribution in [2.24, 2.45) is 5.92 Å². The minimum Gasteiger partial charge on any atom is -0.490 e. The molecule has 1 fully saturated rings. The first-order valence-corrected chi connectivity index (χ1v) is 7.36. The van der Waals surface area contributed by atoms with Crippen molar-refractivity contribution in [2.75, 3.05) is 11.2 Å². The van der Waals surface area contributed by atoms with Gasteiger partial charge in [-0.3, -0.25) is 4.79 Å². The second-order valence-corrected chi connectivity index (χ2v) is 5.40. The summed E-state index contributed by atoms with van der Waals surface area (Å²) in [7, 11) is 0.